The lowest BCUT2D eigenvalue weighted by Gasteiger charge is -2.71. The van der Waals surface area contributed by atoms with Crippen LogP contribution in [-0.2, 0) is 15.4 Å². The first-order chi connectivity index (χ1) is 16.6. The van der Waals surface area contributed by atoms with Crippen LogP contribution in [0.15, 0.2) is 42.5 Å². The van der Waals surface area contributed by atoms with Gasteiger partial charge in [0.05, 0.1) is 5.69 Å². The Hall–Kier alpha value is -1.82. The van der Waals surface area contributed by atoms with E-state index in [-0.39, 0.29) is 10.6 Å². The molecule has 5 fully saturated rings. The van der Waals surface area contributed by atoms with Crippen molar-refractivity contribution in [3.05, 3.63) is 53.6 Å². The van der Waals surface area contributed by atoms with E-state index >= 15 is 0 Å². The number of fused-ring (bicyclic) bond motifs is 4. The van der Waals surface area contributed by atoms with Crippen LogP contribution < -0.4 is 9.33 Å². The van der Waals surface area contributed by atoms with Crippen molar-refractivity contribution in [3.8, 4) is 5.75 Å². The molecule has 0 amide bonds. The topological polar surface area (TPSA) is 30.9 Å². The summed E-state index contributed by atoms with van der Waals surface area (Å²) >= 11 is 0. The van der Waals surface area contributed by atoms with Gasteiger partial charge in [-0.25, -0.2) is 9.78 Å². The summed E-state index contributed by atoms with van der Waals surface area (Å²) in [4.78, 5) is 15.3. The Bertz CT molecular complexity index is 1170. The maximum atomic E-state index is 7.01. The lowest BCUT2D eigenvalue weighted by atomic mass is 9.44. The molecule has 0 N–H and O–H groups in total. The average molecular weight is 490 g/mol. The predicted octanol–water partition coefficient (Wildman–Crippen LogP) is 7.55. The molecule has 1 unspecified atom stereocenters. The molecule has 4 saturated carbocycles. The summed E-state index contributed by atoms with van der Waals surface area (Å²) in [5.74, 6) is 3.85. The molecule has 35 heavy (non-hydrogen) atoms. The highest BCUT2D eigenvalue weighted by Crippen LogP contribution is 2.73. The van der Waals surface area contributed by atoms with Gasteiger partial charge >= 0.3 is 0 Å². The fourth-order valence-corrected chi connectivity index (χ4v) is 9.34. The van der Waals surface area contributed by atoms with Crippen molar-refractivity contribution in [1.82, 2.24) is 0 Å². The third kappa shape index (κ3) is 2.65. The molecule has 2 aromatic rings. The van der Waals surface area contributed by atoms with E-state index in [1.165, 1.54) is 48.9 Å². The van der Waals surface area contributed by atoms with Crippen molar-refractivity contribution in [3.63, 3.8) is 0 Å². The molecule has 2 aromatic carbocycles. The lowest BCUT2D eigenvalue weighted by Crippen LogP contribution is -2.76. The van der Waals surface area contributed by atoms with Crippen LogP contribution >= 0.6 is 0 Å². The van der Waals surface area contributed by atoms with Gasteiger partial charge in [0.1, 0.15) is 11.4 Å². The van der Waals surface area contributed by atoms with Crippen molar-refractivity contribution >= 4 is 19.7 Å². The SMILES string of the molecule is CN1c2ccccc2C2(OOC23C2CC4CC(C2)CC3C4)c2cccc(O[Si](C)(C)C(C)(C)C)c21. The number of hydrogen-bond donors (Lipinski definition) is 0. The summed E-state index contributed by atoms with van der Waals surface area (Å²) < 4.78 is 7.01. The molecule has 0 aromatic heterocycles. The van der Waals surface area contributed by atoms with Gasteiger partial charge in [0, 0.05) is 23.9 Å². The monoisotopic (exact) mass is 489 g/mol. The number of anilines is 2. The number of benzene rings is 2. The summed E-state index contributed by atoms with van der Waals surface area (Å²) in [6.07, 6.45) is 6.56. The van der Waals surface area contributed by atoms with Gasteiger partial charge in [0.25, 0.3) is 8.32 Å². The van der Waals surface area contributed by atoms with Gasteiger partial charge < -0.3 is 9.33 Å². The van der Waals surface area contributed by atoms with Gasteiger partial charge in [0.15, 0.2) is 5.60 Å². The number of hydrogen-bond acceptors (Lipinski definition) is 4. The quantitative estimate of drug-likeness (QED) is 0.322. The third-order valence-corrected chi connectivity index (χ3v) is 15.1. The van der Waals surface area contributed by atoms with Crippen molar-refractivity contribution in [2.45, 2.75) is 82.2 Å². The Morgan fingerprint density at radius 1 is 0.857 bits per heavy atom. The molecule has 5 heteroatoms. The largest absolute Gasteiger partial charge is 0.542 e. The van der Waals surface area contributed by atoms with Crippen molar-refractivity contribution < 1.29 is 14.2 Å². The summed E-state index contributed by atoms with van der Waals surface area (Å²) in [5, 5.41) is 0.122. The molecule has 4 aliphatic carbocycles. The first kappa shape index (κ1) is 22.4. The standard InChI is InChI=1S/C30H39NO3Si/c1-28(2,3)35(5,6)32-26-13-9-11-24-27(26)31(4)25-12-8-7-10-23(25)30(24)29(33-34-30)21-15-19-14-20(17-21)18-22(29)16-19/h7-13,19-22H,14-18H2,1-6H3. The maximum absolute atomic E-state index is 7.01. The highest BCUT2D eigenvalue weighted by molar-refractivity contribution is 6.74. The van der Waals surface area contributed by atoms with Crippen LogP contribution in [0.4, 0.5) is 11.4 Å². The fraction of sp³-hybridized carbons (Fsp3) is 0.600. The molecule has 2 spiro atoms. The highest BCUT2D eigenvalue weighted by atomic mass is 28.4. The Morgan fingerprint density at radius 3 is 2.09 bits per heavy atom. The Balaban J connectivity index is 1.45. The normalized spacial score (nSPS) is 36.8. The van der Waals surface area contributed by atoms with E-state index in [1.54, 1.807) is 0 Å². The van der Waals surface area contributed by atoms with E-state index < -0.39 is 13.9 Å². The first-order valence-electron chi connectivity index (χ1n) is 13.6. The van der Waals surface area contributed by atoms with Crippen LogP contribution in [-0.4, -0.2) is 21.0 Å². The van der Waals surface area contributed by atoms with E-state index in [2.05, 4.69) is 88.3 Å². The van der Waals surface area contributed by atoms with Gasteiger partial charge in [-0.15, -0.1) is 0 Å². The minimum Gasteiger partial charge on any atom is -0.542 e. The molecule has 186 valence electrons. The zero-order chi connectivity index (χ0) is 24.4. The van der Waals surface area contributed by atoms with E-state index in [1.807, 2.05) is 0 Å². The predicted molar refractivity (Wildman–Crippen MR) is 141 cm³/mol. The molecule has 4 bridgehead atoms. The van der Waals surface area contributed by atoms with E-state index in [9.17, 15) is 0 Å². The molecule has 1 saturated heterocycles. The van der Waals surface area contributed by atoms with Gasteiger partial charge in [-0.2, -0.15) is 0 Å². The first-order valence-corrected chi connectivity index (χ1v) is 16.5. The highest BCUT2D eigenvalue weighted by Gasteiger charge is 2.77. The second-order valence-electron chi connectivity index (χ2n) is 13.5. The fourth-order valence-electron chi connectivity index (χ4n) is 8.32. The minimum atomic E-state index is -2.04. The number of nitrogens with zero attached hydrogens (tertiary/aromatic N) is 1. The van der Waals surface area contributed by atoms with Crippen molar-refractivity contribution in [2.24, 2.45) is 23.7 Å². The Morgan fingerprint density at radius 2 is 1.49 bits per heavy atom. The van der Waals surface area contributed by atoms with Gasteiger partial charge in [-0.3, -0.25) is 0 Å². The third-order valence-electron chi connectivity index (χ3n) is 10.7. The van der Waals surface area contributed by atoms with Crippen LogP contribution in [0, 0.1) is 23.7 Å². The summed E-state index contributed by atoms with van der Waals surface area (Å²) in [5.41, 5.74) is 4.02. The number of para-hydroxylation sites is 2. The van der Waals surface area contributed by atoms with Crippen LogP contribution in [0.1, 0.15) is 64.0 Å². The molecule has 0 radical (unpaired) electrons. The molecular weight excluding hydrogens is 450 g/mol. The van der Waals surface area contributed by atoms with Gasteiger partial charge in [0.2, 0.25) is 0 Å². The zero-order valence-electron chi connectivity index (χ0n) is 22.1. The Kier molecular flexibility index (Phi) is 4.43. The molecular formula is C30H39NO3Si. The summed E-state index contributed by atoms with van der Waals surface area (Å²) in [7, 11) is 0.149. The summed E-state index contributed by atoms with van der Waals surface area (Å²) in [6.45, 7) is 11.6. The number of rotatable bonds is 2. The second-order valence-corrected chi connectivity index (χ2v) is 18.3. The molecule has 8 rings (SSSR count). The van der Waals surface area contributed by atoms with E-state index in [4.69, 9.17) is 14.2 Å². The molecule has 4 nitrogen and oxygen atoms in total. The maximum Gasteiger partial charge on any atom is 0.250 e. The molecule has 1 atom stereocenters. The van der Waals surface area contributed by atoms with Gasteiger partial charge in [-0.05, 0) is 86.0 Å². The van der Waals surface area contributed by atoms with Crippen molar-refractivity contribution in [1.29, 1.82) is 0 Å². The average Bonchev–Trinajstić information content (AvgIpc) is 2.77. The molecule has 2 heterocycles. The smallest absolute Gasteiger partial charge is 0.250 e. The van der Waals surface area contributed by atoms with Crippen LogP contribution in [0.25, 0.3) is 0 Å². The molecule has 2 aliphatic heterocycles. The van der Waals surface area contributed by atoms with Crippen LogP contribution in [0.2, 0.25) is 18.1 Å². The van der Waals surface area contributed by atoms with Gasteiger partial charge in [-0.1, -0.05) is 51.1 Å². The van der Waals surface area contributed by atoms with E-state index in [0.29, 0.717) is 11.8 Å². The van der Waals surface area contributed by atoms with E-state index in [0.717, 1.165) is 23.3 Å². The lowest BCUT2D eigenvalue weighted by molar-refractivity contribution is -0.583. The minimum absolute atomic E-state index is 0.122. The molecule has 6 aliphatic rings. The van der Waals surface area contributed by atoms with Crippen LogP contribution in [0.3, 0.4) is 0 Å². The van der Waals surface area contributed by atoms with Crippen LogP contribution in [0.5, 0.6) is 5.75 Å². The van der Waals surface area contributed by atoms with Crippen molar-refractivity contribution in [2.75, 3.05) is 11.9 Å². The zero-order valence-corrected chi connectivity index (χ0v) is 23.1. The summed E-state index contributed by atoms with van der Waals surface area (Å²) in [6, 6.07) is 15.5. The Labute approximate surface area is 211 Å². The second kappa shape index (κ2) is 6.93.